The topological polar surface area (TPSA) is 36.9 Å². The van der Waals surface area contributed by atoms with Crippen molar-refractivity contribution >= 4 is 0 Å². The van der Waals surface area contributed by atoms with Crippen molar-refractivity contribution in [1.82, 2.24) is 0 Å². The van der Waals surface area contributed by atoms with E-state index < -0.39 is 17.7 Å². The van der Waals surface area contributed by atoms with Crippen LogP contribution in [0.1, 0.15) is 65.2 Å². The normalized spacial score (nSPS) is 48.6. The van der Waals surface area contributed by atoms with Crippen LogP contribution < -0.4 is 0 Å². The van der Waals surface area contributed by atoms with E-state index in [0.717, 1.165) is 38.5 Å². The molecule has 6 heteroatoms. The second-order valence-electron chi connectivity index (χ2n) is 11.2. The maximum atomic E-state index is 14.4. The molecule has 30 heavy (non-hydrogen) atoms. The molecule has 4 saturated carbocycles. The molecule has 168 valence electrons. The third-order valence-electron chi connectivity index (χ3n) is 10.4. The Bertz CT molecular complexity index is 752. The Hall–Kier alpha value is -0.560. The highest BCUT2D eigenvalue weighted by atomic mass is 19.3. The van der Waals surface area contributed by atoms with Crippen LogP contribution in [0.25, 0.3) is 0 Å². The van der Waals surface area contributed by atoms with Crippen LogP contribution >= 0.6 is 0 Å². The zero-order valence-electron chi connectivity index (χ0n) is 18.2. The van der Waals surface area contributed by atoms with Crippen LogP contribution in [0.2, 0.25) is 0 Å². The van der Waals surface area contributed by atoms with Gasteiger partial charge in [0.1, 0.15) is 0 Å². The molecule has 2 saturated heterocycles. The molecule has 0 radical (unpaired) electrons. The lowest BCUT2D eigenvalue weighted by atomic mass is 9.43. The lowest BCUT2D eigenvalue weighted by molar-refractivity contribution is -0.253. The van der Waals surface area contributed by atoms with Crippen molar-refractivity contribution in [2.45, 2.75) is 76.8 Å². The molecule has 0 aromatic heterocycles. The summed E-state index contributed by atoms with van der Waals surface area (Å²) in [5.41, 5.74) is 0.200. The zero-order valence-corrected chi connectivity index (χ0v) is 18.2. The molecule has 6 fully saturated rings. The molecule has 0 aromatic rings. The first-order valence-corrected chi connectivity index (χ1v) is 11.9. The summed E-state index contributed by atoms with van der Waals surface area (Å²) in [6.45, 7) is 7.07. The van der Waals surface area contributed by atoms with Crippen molar-refractivity contribution < 1.29 is 27.7 Å². The van der Waals surface area contributed by atoms with Crippen molar-refractivity contribution in [3.63, 3.8) is 0 Å². The molecule has 0 bridgehead atoms. The largest absolute Gasteiger partial charge is 0.348 e. The lowest BCUT2D eigenvalue weighted by Crippen LogP contribution is -2.59. The predicted octanol–water partition coefficient (Wildman–Crippen LogP) is 5.28. The number of fused-ring (bicyclic) bond motifs is 6. The monoisotopic (exact) mass is 424 g/mol. The van der Waals surface area contributed by atoms with Crippen LogP contribution in [0.3, 0.4) is 0 Å². The molecule has 4 aliphatic carbocycles. The minimum Gasteiger partial charge on any atom is -0.348 e. The molecule has 6 rings (SSSR count). The fraction of sp³-hybridized carbons (Fsp3) is 0.917. The van der Waals surface area contributed by atoms with E-state index in [-0.39, 0.29) is 22.7 Å². The summed E-state index contributed by atoms with van der Waals surface area (Å²) >= 11 is 0. The van der Waals surface area contributed by atoms with E-state index >= 15 is 0 Å². The van der Waals surface area contributed by atoms with Gasteiger partial charge >= 0.3 is 0 Å². The van der Waals surface area contributed by atoms with Crippen LogP contribution in [-0.2, 0) is 18.9 Å². The van der Waals surface area contributed by atoms with Gasteiger partial charge in [-0.05, 0) is 66.8 Å². The molecular formula is C24H34F2O4. The van der Waals surface area contributed by atoms with Crippen LogP contribution in [0.5, 0.6) is 0 Å². The van der Waals surface area contributed by atoms with Crippen molar-refractivity contribution in [2.75, 3.05) is 26.4 Å². The summed E-state index contributed by atoms with van der Waals surface area (Å²) < 4.78 is 53.1. The molecule has 0 amide bonds. The zero-order chi connectivity index (χ0) is 20.8. The third-order valence-corrected chi connectivity index (χ3v) is 10.4. The van der Waals surface area contributed by atoms with E-state index in [0.29, 0.717) is 56.7 Å². The standard InChI is InChI=1S/C24H34F2O4/c1-21-7-8-23(27-9-10-28-23)14-19(21)16(20(25)26)13-15-17(21)3-5-22(2)18(15)4-6-24(22)29-11-12-30-24/h15,17-19H,3-14H2,1-2H3/t15-,17+,18+,19?,21-,22+/m1/s1. The van der Waals surface area contributed by atoms with Gasteiger partial charge in [0, 0.05) is 24.7 Å². The SMILES string of the molecule is C[C@]12CCC3(CC1C(=C(F)F)C[C@@H]1[C@@H]2CC[C@@]2(C)[C@H]1CCC21OCCO1)OCCO3. The summed E-state index contributed by atoms with van der Waals surface area (Å²) in [7, 11) is 0. The maximum Gasteiger partial charge on any atom is 0.269 e. The number of halogens is 2. The summed E-state index contributed by atoms with van der Waals surface area (Å²) in [5.74, 6) is -0.123. The fourth-order valence-corrected chi connectivity index (χ4v) is 8.89. The van der Waals surface area contributed by atoms with Crippen molar-refractivity contribution in [2.24, 2.45) is 34.5 Å². The molecule has 6 atom stereocenters. The first-order chi connectivity index (χ1) is 14.3. The summed E-state index contributed by atoms with van der Waals surface area (Å²) in [4.78, 5) is 0. The minimum absolute atomic E-state index is 0.0701. The van der Waals surface area contributed by atoms with Gasteiger partial charge in [-0.25, -0.2) is 0 Å². The van der Waals surface area contributed by atoms with Gasteiger partial charge in [-0.1, -0.05) is 13.8 Å². The van der Waals surface area contributed by atoms with Gasteiger partial charge < -0.3 is 18.9 Å². The molecular weight excluding hydrogens is 390 g/mol. The van der Waals surface area contributed by atoms with Crippen LogP contribution in [0.4, 0.5) is 8.78 Å². The smallest absolute Gasteiger partial charge is 0.269 e. The second-order valence-corrected chi connectivity index (χ2v) is 11.2. The van der Waals surface area contributed by atoms with E-state index in [4.69, 9.17) is 18.9 Å². The Morgan fingerprint density at radius 2 is 1.50 bits per heavy atom. The third kappa shape index (κ3) is 2.45. The highest BCUT2D eigenvalue weighted by molar-refractivity contribution is 5.24. The molecule has 2 aliphatic heterocycles. The molecule has 0 aromatic carbocycles. The average Bonchev–Trinajstić information content (AvgIpc) is 3.44. The molecule has 0 N–H and O–H groups in total. The van der Waals surface area contributed by atoms with Crippen molar-refractivity contribution in [1.29, 1.82) is 0 Å². The lowest BCUT2D eigenvalue weighted by Gasteiger charge is -2.62. The fourth-order valence-electron chi connectivity index (χ4n) is 8.89. The van der Waals surface area contributed by atoms with Gasteiger partial charge in [-0.3, -0.25) is 0 Å². The minimum atomic E-state index is -1.46. The summed E-state index contributed by atoms with van der Waals surface area (Å²) in [6, 6.07) is 0. The van der Waals surface area contributed by atoms with E-state index in [9.17, 15) is 8.78 Å². The predicted molar refractivity (Wildman–Crippen MR) is 106 cm³/mol. The van der Waals surface area contributed by atoms with Crippen LogP contribution in [-0.4, -0.2) is 38.0 Å². The van der Waals surface area contributed by atoms with E-state index in [1.165, 1.54) is 0 Å². The van der Waals surface area contributed by atoms with E-state index in [2.05, 4.69) is 13.8 Å². The van der Waals surface area contributed by atoms with Gasteiger partial charge in [-0.15, -0.1) is 0 Å². The molecule has 4 nitrogen and oxygen atoms in total. The van der Waals surface area contributed by atoms with Crippen molar-refractivity contribution in [3.05, 3.63) is 11.7 Å². The Morgan fingerprint density at radius 1 is 0.833 bits per heavy atom. The first kappa shape index (κ1) is 20.1. The van der Waals surface area contributed by atoms with Gasteiger partial charge in [0.2, 0.25) is 0 Å². The maximum absolute atomic E-state index is 14.4. The van der Waals surface area contributed by atoms with Crippen LogP contribution in [0, 0.1) is 34.5 Å². The molecule has 2 spiro atoms. The second kappa shape index (κ2) is 6.49. The van der Waals surface area contributed by atoms with Gasteiger partial charge in [0.25, 0.3) is 6.08 Å². The number of hydrogen-bond acceptors (Lipinski definition) is 4. The van der Waals surface area contributed by atoms with Gasteiger partial charge in [-0.2, -0.15) is 8.78 Å². The number of allylic oxidation sites excluding steroid dienone is 1. The van der Waals surface area contributed by atoms with E-state index in [1.54, 1.807) is 0 Å². The number of ether oxygens (including phenoxy) is 4. The molecule has 1 unspecified atom stereocenters. The Balaban J connectivity index is 1.37. The Labute approximate surface area is 177 Å². The molecule has 2 heterocycles. The van der Waals surface area contributed by atoms with Gasteiger partial charge in [0.15, 0.2) is 11.6 Å². The Morgan fingerprint density at radius 3 is 2.20 bits per heavy atom. The van der Waals surface area contributed by atoms with E-state index in [1.807, 2.05) is 0 Å². The summed E-state index contributed by atoms with van der Waals surface area (Å²) in [5, 5.41) is 0. The quantitative estimate of drug-likeness (QED) is 0.530. The average molecular weight is 425 g/mol. The Kier molecular flexibility index (Phi) is 4.34. The van der Waals surface area contributed by atoms with Gasteiger partial charge in [0.05, 0.1) is 26.4 Å². The van der Waals surface area contributed by atoms with Crippen molar-refractivity contribution in [3.8, 4) is 0 Å². The summed E-state index contributed by atoms with van der Waals surface area (Å²) in [6.07, 6.45) is 5.42. The van der Waals surface area contributed by atoms with Crippen LogP contribution in [0.15, 0.2) is 11.7 Å². The molecule has 6 aliphatic rings. The highest BCUT2D eigenvalue weighted by Crippen LogP contribution is 2.71. The first-order valence-electron chi connectivity index (χ1n) is 11.9. The highest BCUT2D eigenvalue weighted by Gasteiger charge is 2.68. The number of hydrogen-bond donors (Lipinski definition) is 0. The number of rotatable bonds is 0.